The van der Waals surface area contributed by atoms with Crippen molar-refractivity contribution in [2.45, 2.75) is 4.90 Å². The highest BCUT2D eigenvalue weighted by Gasteiger charge is 2.19. The van der Waals surface area contributed by atoms with Crippen molar-refractivity contribution in [3.63, 3.8) is 0 Å². The zero-order valence-corrected chi connectivity index (χ0v) is 14.6. The molecule has 1 aliphatic heterocycles. The highest BCUT2D eigenvalue weighted by atomic mass is 32.2. The van der Waals surface area contributed by atoms with Crippen LogP contribution in [-0.2, 0) is 10.0 Å². The van der Waals surface area contributed by atoms with Crippen LogP contribution in [0.25, 0.3) is 10.6 Å². The van der Waals surface area contributed by atoms with Gasteiger partial charge in [-0.3, -0.25) is 4.72 Å². The first-order valence-electron chi connectivity index (χ1n) is 7.54. The van der Waals surface area contributed by atoms with Gasteiger partial charge in [-0.25, -0.2) is 13.4 Å². The summed E-state index contributed by atoms with van der Waals surface area (Å²) in [5, 5.41) is 2.79. The van der Waals surface area contributed by atoms with E-state index in [0.717, 1.165) is 10.6 Å². The van der Waals surface area contributed by atoms with Crippen LogP contribution < -0.4 is 14.2 Å². The third kappa shape index (κ3) is 3.31. The van der Waals surface area contributed by atoms with Gasteiger partial charge in [0, 0.05) is 28.9 Å². The first kappa shape index (κ1) is 15.9. The van der Waals surface area contributed by atoms with Gasteiger partial charge in [0.05, 0.1) is 4.90 Å². The number of sulfonamides is 1. The van der Waals surface area contributed by atoms with Crippen molar-refractivity contribution < 1.29 is 17.9 Å². The third-order valence-corrected chi connectivity index (χ3v) is 5.84. The average Bonchev–Trinajstić information content (AvgIpc) is 3.16. The zero-order valence-electron chi connectivity index (χ0n) is 13.0. The fraction of sp³-hybridized carbons (Fsp3) is 0.118. The second-order valence-corrected chi connectivity index (χ2v) is 7.90. The predicted molar refractivity (Wildman–Crippen MR) is 95.8 cm³/mol. The van der Waals surface area contributed by atoms with Crippen LogP contribution in [0.1, 0.15) is 0 Å². The summed E-state index contributed by atoms with van der Waals surface area (Å²) in [7, 11) is -3.71. The molecular weight excluding hydrogens is 360 g/mol. The molecular formula is C17H14N2O4S2. The molecule has 0 aliphatic carbocycles. The van der Waals surface area contributed by atoms with Gasteiger partial charge in [0.25, 0.3) is 10.0 Å². The van der Waals surface area contributed by atoms with Gasteiger partial charge in [-0.15, -0.1) is 11.3 Å². The number of hydrogen-bond donors (Lipinski definition) is 1. The Morgan fingerprint density at radius 2 is 1.76 bits per heavy atom. The number of rotatable bonds is 4. The predicted octanol–water partition coefficient (Wildman–Crippen LogP) is 3.38. The smallest absolute Gasteiger partial charge is 0.262 e. The minimum atomic E-state index is -3.71. The molecule has 2 heterocycles. The van der Waals surface area contributed by atoms with E-state index >= 15 is 0 Å². The molecule has 0 radical (unpaired) electrons. The maximum Gasteiger partial charge on any atom is 0.262 e. The summed E-state index contributed by atoms with van der Waals surface area (Å²) in [4.78, 5) is 4.36. The topological polar surface area (TPSA) is 77.5 Å². The van der Waals surface area contributed by atoms with Crippen molar-refractivity contribution in [2.75, 3.05) is 17.9 Å². The number of aromatic nitrogens is 1. The molecule has 2 aromatic carbocycles. The largest absolute Gasteiger partial charge is 0.486 e. The lowest BCUT2D eigenvalue weighted by atomic mass is 10.2. The Balaban J connectivity index is 1.57. The van der Waals surface area contributed by atoms with Crippen LogP contribution in [0.5, 0.6) is 11.5 Å². The Morgan fingerprint density at radius 3 is 2.48 bits per heavy atom. The highest BCUT2D eigenvalue weighted by molar-refractivity contribution is 7.92. The number of fused-ring (bicyclic) bond motifs is 1. The first-order valence-corrected chi connectivity index (χ1v) is 9.90. The Hall–Kier alpha value is -2.58. The van der Waals surface area contributed by atoms with Crippen molar-refractivity contribution in [3.05, 3.63) is 54.0 Å². The van der Waals surface area contributed by atoms with Crippen LogP contribution in [-0.4, -0.2) is 26.6 Å². The summed E-state index contributed by atoms with van der Waals surface area (Å²) < 4.78 is 38.6. The molecule has 128 valence electrons. The standard InChI is InChI=1S/C17H14N2O4S2/c20-25(21,14-5-6-15-16(11-14)23-9-8-22-15)19-13-3-1-12(2-4-13)17-18-7-10-24-17/h1-7,10-11,19H,8-9H2. The van der Waals surface area contributed by atoms with Crippen LogP contribution in [0.2, 0.25) is 0 Å². The number of anilines is 1. The van der Waals surface area contributed by atoms with E-state index in [9.17, 15) is 8.42 Å². The number of benzene rings is 2. The second-order valence-electron chi connectivity index (χ2n) is 5.33. The molecule has 0 unspecified atom stereocenters. The normalized spacial score (nSPS) is 13.4. The van der Waals surface area contributed by atoms with Crippen molar-refractivity contribution in [2.24, 2.45) is 0 Å². The van der Waals surface area contributed by atoms with Crippen LogP contribution in [0.4, 0.5) is 5.69 Å². The zero-order chi connectivity index (χ0) is 17.3. The maximum atomic E-state index is 12.6. The van der Waals surface area contributed by atoms with Crippen LogP contribution in [0, 0.1) is 0 Å². The number of ether oxygens (including phenoxy) is 2. The lowest BCUT2D eigenvalue weighted by Gasteiger charge is -2.19. The Bertz CT molecular complexity index is 984. The van der Waals surface area contributed by atoms with Gasteiger partial charge in [0.2, 0.25) is 0 Å². The van der Waals surface area contributed by atoms with Crippen LogP contribution in [0.15, 0.2) is 58.9 Å². The minimum absolute atomic E-state index is 0.126. The van der Waals surface area contributed by atoms with E-state index in [1.54, 1.807) is 24.4 Å². The van der Waals surface area contributed by atoms with E-state index in [2.05, 4.69) is 9.71 Å². The van der Waals surface area contributed by atoms with Crippen LogP contribution >= 0.6 is 11.3 Å². The minimum Gasteiger partial charge on any atom is -0.486 e. The second kappa shape index (κ2) is 6.38. The maximum absolute atomic E-state index is 12.6. The average molecular weight is 374 g/mol. The highest BCUT2D eigenvalue weighted by Crippen LogP contribution is 2.33. The summed E-state index contributed by atoms with van der Waals surface area (Å²) in [5.41, 5.74) is 1.42. The fourth-order valence-electron chi connectivity index (χ4n) is 2.45. The van der Waals surface area contributed by atoms with E-state index in [1.807, 2.05) is 17.5 Å². The van der Waals surface area contributed by atoms with Crippen molar-refractivity contribution in [3.8, 4) is 22.1 Å². The molecule has 0 saturated carbocycles. The van der Waals surface area contributed by atoms with E-state index in [0.29, 0.717) is 30.4 Å². The summed E-state index contributed by atoms with van der Waals surface area (Å²) in [6.07, 6.45) is 1.73. The molecule has 0 saturated heterocycles. The van der Waals surface area contributed by atoms with E-state index in [-0.39, 0.29) is 4.90 Å². The Morgan fingerprint density at radius 1 is 1.00 bits per heavy atom. The number of nitrogens with one attached hydrogen (secondary N) is 1. The molecule has 0 fully saturated rings. The van der Waals surface area contributed by atoms with Gasteiger partial charge in [-0.1, -0.05) is 0 Å². The molecule has 0 spiro atoms. The van der Waals surface area contributed by atoms with Gasteiger partial charge in [0.1, 0.15) is 18.2 Å². The van der Waals surface area contributed by atoms with Crippen molar-refractivity contribution in [1.82, 2.24) is 4.98 Å². The monoisotopic (exact) mass is 374 g/mol. The van der Waals surface area contributed by atoms with E-state index in [4.69, 9.17) is 9.47 Å². The molecule has 1 aliphatic rings. The Labute approximate surface area is 149 Å². The molecule has 25 heavy (non-hydrogen) atoms. The number of nitrogens with zero attached hydrogens (tertiary/aromatic N) is 1. The summed E-state index contributed by atoms with van der Waals surface area (Å²) >= 11 is 1.53. The molecule has 0 atom stereocenters. The molecule has 4 rings (SSSR count). The van der Waals surface area contributed by atoms with Crippen LogP contribution in [0.3, 0.4) is 0 Å². The molecule has 6 nitrogen and oxygen atoms in total. The SMILES string of the molecule is O=S(=O)(Nc1ccc(-c2nccs2)cc1)c1ccc2c(c1)OCCO2. The lowest BCUT2D eigenvalue weighted by molar-refractivity contribution is 0.171. The molecule has 8 heteroatoms. The summed E-state index contributed by atoms with van der Waals surface area (Å²) in [6.45, 7) is 0.866. The third-order valence-electron chi connectivity index (χ3n) is 3.64. The lowest BCUT2D eigenvalue weighted by Crippen LogP contribution is -2.17. The first-order chi connectivity index (χ1) is 12.1. The molecule has 0 bridgehead atoms. The summed E-state index contributed by atoms with van der Waals surface area (Å²) in [6, 6.07) is 11.7. The van der Waals surface area contributed by atoms with Crippen molar-refractivity contribution >= 4 is 27.0 Å². The Kier molecular flexibility index (Phi) is 4.06. The van der Waals surface area contributed by atoms with Gasteiger partial charge < -0.3 is 9.47 Å². The van der Waals surface area contributed by atoms with Gasteiger partial charge in [-0.05, 0) is 36.4 Å². The summed E-state index contributed by atoms with van der Waals surface area (Å²) in [5.74, 6) is 0.992. The van der Waals surface area contributed by atoms with Gasteiger partial charge in [0.15, 0.2) is 11.5 Å². The van der Waals surface area contributed by atoms with E-state index in [1.165, 1.54) is 23.5 Å². The van der Waals surface area contributed by atoms with Crippen molar-refractivity contribution in [1.29, 1.82) is 0 Å². The molecule has 1 aromatic heterocycles. The van der Waals surface area contributed by atoms with E-state index < -0.39 is 10.0 Å². The number of hydrogen-bond acceptors (Lipinski definition) is 6. The molecule has 1 N–H and O–H groups in total. The van der Waals surface area contributed by atoms with Gasteiger partial charge in [-0.2, -0.15) is 0 Å². The fourth-order valence-corrected chi connectivity index (χ4v) is 4.17. The molecule has 0 amide bonds. The quantitative estimate of drug-likeness (QED) is 0.757. The van der Waals surface area contributed by atoms with Gasteiger partial charge >= 0.3 is 0 Å². The molecule has 3 aromatic rings. The number of thiazole rings is 1.